The molecular weight excluding hydrogens is 352 g/mol. The molecular formula is C19H18N2O4S. The van der Waals surface area contributed by atoms with Gasteiger partial charge in [-0.15, -0.1) is 4.31 Å². The van der Waals surface area contributed by atoms with Crippen molar-refractivity contribution in [2.45, 2.75) is 36.6 Å². The first-order valence-electron chi connectivity index (χ1n) is 8.43. The quantitative estimate of drug-likeness (QED) is 0.823. The maximum absolute atomic E-state index is 13.2. The lowest BCUT2D eigenvalue weighted by Gasteiger charge is -2.33. The highest BCUT2D eigenvalue weighted by molar-refractivity contribution is 7.90. The van der Waals surface area contributed by atoms with Gasteiger partial charge in [-0.25, -0.2) is 13.2 Å². The molecule has 1 aliphatic carbocycles. The Morgan fingerprint density at radius 3 is 2.46 bits per heavy atom. The van der Waals surface area contributed by atoms with Crippen molar-refractivity contribution in [1.29, 1.82) is 0 Å². The molecule has 2 aromatic carbocycles. The third-order valence-electron chi connectivity index (χ3n) is 5.09. The van der Waals surface area contributed by atoms with Gasteiger partial charge in [0.2, 0.25) is 0 Å². The van der Waals surface area contributed by atoms with E-state index in [2.05, 4.69) is 5.32 Å². The van der Waals surface area contributed by atoms with E-state index in [1.165, 1.54) is 12.1 Å². The first-order valence-corrected chi connectivity index (χ1v) is 9.87. The minimum absolute atomic E-state index is 0.0762. The molecule has 1 unspecified atom stereocenters. The normalized spacial score (nSPS) is 22.4. The van der Waals surface area contributed by atoms with Crippen molar-refractivity contribution in [3.63, 3.8) is 0 Å². The predicted molar refractivity (Wildman–Crippen MR) is 94.8 cm³/mol. The molecule has 7 heteroatoms. The number of benzene rings is 2. The first-order chi connectivity index (χ1) is 12.4. The molecule has 0 saturated carbocycles. The summed E-state index contributed by atoms with van der Waals surface area (Å²) in [5.41, 5.74) is 1.23. The van der Waals surface area contributed by atoms with Crippen LogP contribution in [0.3, 0.4) is 0 Å². The summed E-state index contributed by atoms with van der Waals surface area (Å²) in [4.78, 5) is 25.7. The molecule has 1 spiro atoms. The molecule has 1 aliphatic heterocycles. The zero-order valence-electron chi connectivity index (χ0n) is 14.2. The van der Waals surface area contributed by atoms with Crippen LogP contribution in [-0.2, 0) is 26.8 Å². The zero-order chi connectivity index (χ0) is 18.5. The number of aryl methyl sites for hydroxylation is 2. The van der Waals surface area contributed by atoms with Gasteiger partial charge < -0.3 is 5.32 Å². The number of carbonyl (C=O) groups is 2. The molecule has 1 heterocycles. The molecule has 1 atom stereocenters. The number of rotatable bonds is 2. The fourth-order valence-electron chi connectivity index (χ4n) is 3.77. The van der Waals surface area contributed by atoms with Crippen molar-refractivity contribution in [2.24, 2.45) is 0 Å². The largest absolute Gasteiger partial charge is 0.339 e. The van der Waals surface area contributed by atoms with Crippen molar-refractivity contribution >= 4 is 22.0 Å². The second-order valence-electron chi connectivity index (χ2n) is 6.73. The lowest BCUT2D eigenvalue weighted by molar-refractivity contribution is -0.128. The van der Waals surface area contributed by atoms with E-state index in [-0.39, 0.29) is 4.90 Å². The monoisotopic (exact) mass is 370 g/mol. The lowest BCUT2D eigenvalue weighted by atomic mass is 9.76. The molecule has 134 valence electrons. The van der Waals surface area contributed by atoms with Gasteiger partial charge in [-0.3, -0.25) is 4.79 Å². The van der Waals surface area contributed by atoms with Crippen LogP contribution in [-0.4, -0.2) is 24.7 Å². The topological polar surface area (TPSA) is 83.6 Å². The van der Waals surface area contributed by atoms with Gasteiger partial charge in [-0.2, -0.15) is 0 Å². The van der Waals surface area contributed by atoms with Gasteiger partial charge in [0.05, 0.1) is 4.90 Å². The molecule has 6 nitrogen and oxygen atoms in total. The standard InChI is InChI=1S/C19H18N2O4S/c1-13-8-10-15(11-9-13)26(24,25)21-17(22)19(20-18(21)23)12-4-6-14-5-2-3-7-16(14)19/h2-3,5,7-11H,4,6,12H2,1H3,(H,20,23). The number of carbonyl (C=O) groups excluding carboxylic acids is 2. The number of fused-ring (bicyclic) bond motifs is 2. The van der Waals surface area contributed by atoms with Crippen LogP contribution in [0.4, 0.5) is 4.79 Å². The maximum Gasteiger partial charge on any atom is 0.339 e. The summed E-state index contributed by atoms with van der Waals surface area (Å²) >= 11 is 0. The van der Waals surface area contributed by atoms with Gasteiger partial charge >= 0.3 is 6.03 Å². The molecule has 2 aromatic rings. The van der Waals surface area contributed by atoms with Crippen LogP contribution in [0.1, 0.15) is 29.5 Å². The van der Waals surface area contributed by atoms with E-state index >= 15 is 0 Å². The highest BCUT2D eigenvalue weighted by Gasteiger charge is 2.57. The summed E-state index contributed by atoms with van der Waals surface area (Å²) in [7, 11) is -4.26. The Morgan fingerprint density at radius 2 is 1.73 bits per heavy atom. The van der Waals surface area contributed by atoms with Gasteiger partial charge in [0.1, 0.15) is 5.54 Å². The SMILES string of the molecule is Cc1ccc(S(=O)(=O)N2C(=O)NC3(CCCc4ccccc43)C2=O)cc1. The van der Waals surface area contributed by atoms with Crippen LogP contribution in [0.2, 0.25) is 0 Å². The summed E-state index contributed by atoms with van der Waals surface area (Å²) in [6.45, 7) is 1.83. The van der Waals surface area contributed by atoms with E-state index in [9.17, 15) is 18.0 Å². The highest BCUT2D eigenvalue weighted by atomic mass is 32.2. The van der Waals surface area contributed by atoms with Crippen LogP contribution < -0.4 is 5.32 Å². The van der Waals surface area contributed by atoms with Crippen molar-refractivity contribution in [3.8, 4) is 0 Å². The Balaban J connectivity index is 1.81. The van der Waals surface area contributed by atoms with Crippen LogP contribution in [0, 0.1) is 6.92 Å². The Bertz CT molecular complexity index is 1010. The molecule has 1 fully saturated rings. The Kier molecular flexibility index (Phi) is 3.66. The number of imide groups is 1. The van der Waals surface area contributed by atoms with E-state index in [1.807, 2.05) is 19.1 Å². The molecule has 26 heavy (non-hydrogen) atoms. The van der Waals surface area contributed by atoms with Crippen molar-refractivity contribution in [1.82, 2.24) is 9.62 Å². The summed E-state index contributed by atoms with van der Waals surface area (Å²) in [6.07, 6.45) is 1.88. The Labute approximate surface area is 151 Å². The van der Waals surface area contributed by atoms with E-state index in [0.717, 1.165) is 17.5 Å². The van der Waals surface area contributed by atoms with Gasteiger partial charge in [0, 0.05) is 0 Å². The molecule has 4 rings (SSSR count). The number of hydrogen-bond donors (Lipinski definition) is 1. The summed E-state index contributed by atoms with van der Waals surface area (Å²) in [6, 6.07) is 12.6. The predicted octanol–water partition coefficient (Wildman–Crippen LogP) is 2.47. The number of amides is 3. The number of hydrogen-bond acceptors (Lipinski definition) is 4. The average molecular weight is 370 g/mol. The van der Waals surface area contributed by atoms with E-state index in [0.29, 0.717) is 22.7 Å². The molecule has 0 radical (unpaired) electrons. The third kappa shape index (κ3) is 2.27. The molecule has 1 saturated heterocycles. The van der Waals surface area contributed by atoms with Gasteiger partial charge in [0.15, 0.2) is 0 Å². The smallest absolute Gasteiger partial charge is 0.318 e. The van der Waals surface area contributed by atoms with Crippen LogP contribution >= 0.6 is 0 Å². The van der Waals surface area contributed by atoms with E-state index in [4.69, 9.17) is 0 Å². The summed E-state index contributed by atoms with van der Waals surface area (Å²) in [5, 5.41) is 2.67. The fraction of sp³-hybridized carbons (Fsp3) is 0.263. The van der Waals surface area contributed by atoms with Crippen molar-refractivity contribution in [2.75, 3.05) is 0 Å². The molecule has 0 bridgehead atoms. The number of sulfonamides is 1. The minimum Gasteiger partial charge on any atom is -0.318 e. The van der Waals surface area contributed by atoms with Crippen LogP contribution in [0.5, 0.6) is 0 Å². The van der Waals surface area contributed by atoms with Gasteiger partial charge in [0.25, 0.3) is 15.9 Å². The van der Waals surface area contributed by atoms with Crippen molar-refractivity contribution in [3.05, 3.63) is 65.2 Å². The third-order valence-corrected chi connectivity index (χ3v) is 6.77. The first kappa shape index (κ1) is 16.8. The van der Waals surface area contributed by atoms with Crippen LogP contribution in [0.15, 0.2) is 53.4 Å². The molecule has 1 N–H and O–H groups in total. The van der Waals surface area contributed by atoms with Crippen LogP contribution in [0.25, 0.3) is 0 Å². The van der Waals surface area contributed by atoms with Gasteiger partial charge in [-0.1, -0.05) is 42.0 Å². The summed E-state index contributed by atoms with van der Waals surface area (Å²) < 4.78 is 26.3. The number of nitrogens with one attached hydrogen (secondary N) is 1. The highest BCUT2D eigenvalue weighted by Crippen LogP contribution is 2.41. The van der Waals surface area contributed by atoms with Crippen molar-refractivity contribution < 1.29 is 18.0 Å². The molecule has 2 aliphatic rings. The fourth-order valence-corrected chi connectivity index (χ4v) is 5.10. The minimum atomic E-state index is -4.26. The lowest BCUT2D eigenvalue weighted by Crippen LogP contribution is -2.47. The Morgan fingerprint density at radius 1 is 1.04 bits per heavy atom. The van der Waals surface area contributed by atoms with E-state index < -0.39 is 27.5 Å². The second kappa shape index (κ2) is 5.67. The maximum atomic E-state index is 13.2. The number of nitrogens with zero attached hydrogens (tertiary/aromatic N) is 1. The van der Waals surface area contributed by atoms with Gasteiger partial charge in [-0.05, 0) is 49.4 Å². The van der Waals surface area contributed by atoms with E-state index in [1.54, 1.807) is 24.3 Å². The second-order valence-corrected chi connectivity index (χ2v) is 8.52. The molecule has 3 amide bonds. The average Bonchev–Trinajstić information content (AvgIpc) is 2.87. The zero-order valence-corrected chi connectivity index (χ0v) is 15.0. The molecule has 0 aromatic heterocycles. The summed E-state index contributed by atoms with van der Waals surface area (Å²) in [5.74, 6) is -0.727. The number of urea groups is 1. The Hall–Kier alpha value is -2.67.